The predicted molar refractivity (Wildman–Crippen MR) is 142 cm³/mol. The van der Waals surface area contributed by atoms with Crippen molar-refractivity contribution in [3.63, 3.8) is 0 Å². The quantitative estimate of drug-likeness (QED) is 0.341. The molecule has 0 saturated carbocycles. The summed E-state index contributed by atoms with van der Waals surface area (Å²) in [5, 5.41) is 14.9. The van der Waals surface area contributed by atoms with E-state index in [1.54, 1.807) is 4.57 Å². The smallest absolute Gasteiger partial charge is 0.282 e. The number of alkyl halides is 2. The number of halogens is 3. The van der Waals surface area contributed by atoms with Gasteiger partial charge in [0.2, 0.25) is 0 Å². The molecule has 4 rings (SSSR count). The summed E-state index contributed by atoms with van der Waals surface area (Å²) in [6, 6.07) is 3.45. The molecule has 1 amide bonds. The van der Waals surface area contributed by atoms with Crippen molar-refractivity contribution >= 4 is 34.2 Å². The lowest BCUT2D eigenvalue weighted by atomic mass is 9.86. The highest BCUT2D eigenvalue weighted by molar-refractivity contribution is 6.32. The van der Waals surface area contributed by atoms with E-state index in [9.17, 15) is 13.6 Å². The molecule has 37 heavy (non-hydrogen) atoms. The fraction of sp³-hybridized carbons (Fsp3) is 0.500. The van der Waals surface area contributed by atoms with E-state index >= 15 is 0 Å². The number of carbonyl (C=O) groups is 1. The Morgan fingerprint density at radius 1 is 1.30 bits per heavy atom. The summed E-state index contributed by atoms with van der Waals surface area (Å²) in [6.45, 7) is 13.2. The van der Waals surface area contributed by atoms with Gasteiger partial charge in [-0.05, 0) is 50.1 Å². The van der Waals surface area contributed by atoms with Crippen LogP contribution in [0.5, 0.6) is 0 Å². The molecule has 3 heterocycles. The van der Waals surface area contributed by atoms with Crippen molar-refractivity contribution in [2.45, 2.75) is 72.0 Å². The fourth-order valence-electron chi connectivity index (χ4n) is 4.66. The Kier molecular flexibility index (Phi) is 7.50. The number of fused-ring (bicyclic) bond motifs is 1. The third-order valence-electron chi connectivity index (χ3n) is 6.43. The van der Waals surface area contributed by atoms with Crippen molar-refractivity contribution in [2.75, 3.05) is 18.4 Å². The molecule has 1 aliphatic rings. The standard InChI is InChI=1S/C26H34ClF2N7O/c1-7-8-35-12-15(13-35)31-25(37)22-21(23(28)29)32-20(36(22)14(2)3)11-30-24-16-9-17(26(4,5)6)18(27)10-19(16)33-34-24/h7-10,14-15,23H,11-13H2,1-6H3,(H,31,37)(H2,30,33,34). The molecule has 0 radical (unpaired) electrons. The average molecular weight is 534 g/mol. The summed E-state index contributed by atoms with van der Waals surface area (Å²) in [4.78, 5) is 19.4. The number of amides is 1. The highest BCUT2D eigenvalue weighted by Crippen LogP contribution is 2.35. The molecule has 8 nitrogen and oxygen atoms in total. The van der Waals surface area contributed by atoms with Crippen LogP contribution in [-0.4, -0.2) is 49.7 Å². The molecule has 1 aromatic carbocycles. The molecule has 0 bridgehead atoms. The zero-order valence-electron chi connectivity index (χ0n) is 22.0. The summed E-state index contributed by atoms with van der Waals surface area (Å²) < 4.78 is 29.6. The molecule has 1 saturated heterocycles. The number of imidazole rings is 1. The van der Waals surface area contributed by atoms with Crippen molar-refractivity contribution < 1.29 is 13.6 Å². The zero-order chi connectivity index (χ0) is 27.1. The van der Waals surface area contributed by atoms with E-state index in [-0.39, 0.29) is 29.7 Å². The number of nitrogens with one attached hydrogen (secondary N) is 3. The number of nitrogens with zero attached hydrogens (tertiary/aromatic N) is 4. The van der Waals surface area contributed by atoms with E-state index in [0.29, 0.717) is 29.8 Å². The van der Waals surface area contributed by atoms with Gasteiger partial charge in [0, 0.05) is 29.5 Å². The summed E-state index contributed by atoms with van der Waals surface area (Å²) in [5.41, 5.74) is 0.944. The fourth-order valence-corrected chi connectivity index (χ4v) is 5.10. The van der Waals surface area contributed by atoms with Gasteiger partial charge in [-0.15, -0.1) is 0 Å². The van der Waals surface area contributed by atoms with E-state index in [4.69, 9.17) is 11.6 Å². The van der Waals surface area contributed by atoms with Crippen molar-refractivity contribution in [2.24, 2.45) is 0 Å². The predicted octanol–water partition coefficient (Wildman–Crippen LogP) is 5.79. The second-order valence-electron chi connectivity index (χ2n) is 10.7. The van der Waals surface area contributed by atoms with Gasteiger partial charge in [0.15, 0.2) is 5.82 Å². The van der Waals surface area contributed by atoms with Gasteiger partial charge < -0.3 is 20.1 Å². The Morgan fingerprint density at radius 2 is 2.00 bits per heavy atom. The van der Waals surface area contributed by atoms with Crippen molar-refractivity contribution in [1.29, 1.82) is 0 Å². The van der Waals surface area contributed by atoms with E-state index < -0.39 is 18.0 Å². The summed E-state index contributed by atoms with van der Waals surface area (Å²) in [5.74, 6) is 0.349. The molecule has 1 fully saturated rings. The van der Waals surface area contributed by atoms with Gasteiger partial charge in [0.1, 0.15) is 17.2 Å². The van der Waals surface area contributed by atoms with Crippen LogP contribution >= 0.6 is 11.6 Å². The average Bonchev–Trinajstić information content (AvgIpc) is 3.36. The van der Waals surface area contributed by atoms with E-state index in [2.05, 4.69) is 46.6 Å². The van der Waals surface area contributed by atoms with Crippen molar-refractivity contribution in [1.82, 2.24) is 30.0 Å². The third-order valence-corrected chi connectivity index (χ3v) is 6.74. The van der Waals surface area contributed by atoms with Gasteiger partial charge in [-0.25, -0.2) is 13.8 Å². The highest BCUT2D eigenvalue weighted by Gasteiger charge is 2.33. The second kappa shape index (κ2) is 10.3. The van der Waals surface area contributed by atoms with Gasteiger partial charge >= 0.3 is 0 Å². The molecular formula is C26H34ClF2N7O. The lowest BCUT2D eigenvalue weighted by molar-refractivity contribution is 0.0851. The Balaban J connectivity index is 1.62. The normalized spacial score (nSPS) is 14.8. The number of H-pyrrole nitrogens is 1. The first-order valence-corrected chi connectivity index (χ1v) is 12.8. The maximum atomic E-state index is 14.0. The summed E-state index contributed by atoms with van der Waals surface area (Å²) in [6.07, 6.45) is 0.969. The van der Waals surface area contributed by atoms with Crippen LogP contribution in [0.25, 0.3) is 10.9 Å². The van der Waals surface area contributed by atoms with Crippen LogP contribution in [0.4, 0.5) is 14.6 Å². The number of anilines is 1. The lowest BCUT2D eigenvalue weighted by Crippen LogP contribution is -2.57. The maximum Gasteiger partial charge on any atom is 0.282 e. The Labute approximate surface area is 220 Å². The van der Waals surface area contributed by atoms with E-state index in [1.807, 2.05) is 50.1 Å². The number of aromatic amines is 1. The number of likely N-dealkylation sites (tertiary alicyclic amines) is 1. The number of rotatable bonds is 8. The van der Waals surface area contributed by atoms with Gasteiger partial charge in [-0.2, -0.15) is 5.10 Å². The molecule has 0 spiro atoms. The Hall–Kier alpha value is -3.14. The number of benzene rings is 1. The number of aromatic nitrogens is 4. The van der Waals surface area contributed by atoms with Gasteiger partial charge in [0.05, 0.1) is 18.1 Å². The van der Waals surface area contributed by atoms with E-state index in [1.165, 1.54) is 0 Å². The molecule has 11 heteroatoms. The number of carbonyl (C=O) groups excluding carboxylic acids is 1. The molecule has 200 valence electrons. The Bertz CT molecular complexity index is 1320. The summed E-state index contributed by atoms with van der Waals surface area (Å²) >= 11 is 6.48. The minimum absolute atomic E-state index is 0.0972. The molecule has 3 N–H and O–H groups in total. The first-order valence-electron chi connectivity index (χ1n) is 12.4. The van der Waals surface area contributed by atoms with E-state index in [0.717, 1.165) is 16.5 Å². The van der Waals surface area contributed by atoms with Crippen LogP contribution in [0.15, 0.2) is 24.4 Å². The number of hydrogen-bond acceptors (Lipinski definition) is 5. The minimum Gasteiger partial charge on any atom is -0.373 e. The molecule has 0 atom stereocenters. The molecule has 3 aromatic rings. The minimum atomic E-state index is -2.89. The van der Waals surface area contributed by atoms with Crippen LogP contribution in [0.2, 0.25) is 5.02 Å². The van der Waals surface area contributed by atoms with Crippen LogP contribution < -0.4 is 10.6 Å². The third kappa shape index (κ3) is 5.44. The highest BCUT2D eigenvalue weighted by atomic mass is 35.5. The largest absolute Gasteiger partial charge is 0.373 e. The van der Waals surface area contributed by atoms with Crippen LogP contribution in [0.1, 0.15) is 81.6 Å². The molecular weight excluding hydrogens is 500 g/mol. The first kappa shape index (κ1) is 26.9. The molecule has 2 aromatic heterocycles. The molecule has 0 unspecified atom stereocenters. The van der Waals surface area contributed by atoms with Crippen molar-refractivity contribution in [3.05, 3.63) is 52.2 Å². The monoisotopic (exact) mass is 533 g/mol. The second-order valence-corrected chi connectivity index (χ2v) is 11.1. The first-order chi connectivity index (χ1) is 17.4. The zero-order valence-corrected chi connectivity index (χ0v) is 22.7. The maximum absolute atomic E-state index is 14.0. The van der Waals surface area contributed by atoms with Crippen LogP contribution in [0.3, 0.4) is 0 Å². The molecule has 0 aliphatic carbocycles. The molecule has 1 aliphatic heterocycles. The van der Waals surface area contributed by atoms with Gasteiger partial charge in [-0.1, -0.05) is 38.4 Å². The van der Waals surface area contributed by atoms with Crippen LogP contribution in [0, 0.1) is 0 Å². The van der Waals surface area contributed by atoms with Crippen molar-refractivity contribution in [3.8, 4) is 0 Å². The SMILES string of the molecule is CC=CN1CC(NC(=O)c2c(C(F)F)nc(CNc3n[nH]c4cc(Cl)c(C(C)(C)C)cc34)n2C(C)C)C1. The number of hydrogen-bond donors (Lipinski definition) is 3. The lowest BCUT2D eigenvalue weighted by Gasteiger charge is -2.38. The Morgan fingerprint density at radius 3 is 2.59 bits per heavy atom. The topological polar surface area (TPSA) is 90.9 Å². The van der Waals surface area contributed by atoms with Gasteiger partial charge in [0.25, 0.3) is 12.3 Å². The number of allylic oxidation sites excluding steroid dienone is 1. The summed E-state index contributed by atoms with van der Waals surface area (Å²) in [7, 11) is 0. The van der Waals surface area contributed by atoms with Crippen LogP contribution in [-0.2, 0) is 12.0 Å². The van der Waals surface area contributed by atoms with Gasteiger partial charge in [-0.3, -0.25) is 9.89 Å².